The standard InChI is InChI=1S/C15H22N2O3/c1-11-13(15(19)20-2)7-8-14(16-11)17(9-4-10-18)12-5-3-6-12/h7-8,12,18H,3-6,9-10H2,1-2H3. The molecule has 1 aliphatic rings. The van der Waals surface area contributed by atoms with Gasteiger partial charge >= 0.3 is 5.97 Å². The number of aryl methyl sites for hydroxylation is 1. The minimum absolute atomic E-state index is 0.183. The smallest absolute Gasteiger partial charge is 0.339 e. The van der Waals surface area contributed by atoms with Gasteiger partial charge in [-0.25, -0.2) is 9.78 Å². The Balaban J connectivity index is 2.20. The molecule has 0 amide bonds. The van der Waals surface area contributed by atoms with Crippen LogP contribution in [-0.2, 0) is 4.74 Å². The number of nitrogens with zero attached hydrogens (tertiary/aromatic N) is 2. The molecule has 0 spiro atoms. The molecule has 0 bridgehead atoms. The number of pyridine rings is 1. The maximum Gasteiger partial charge on any atom is 0.339 e. The van der Waals surface area contributed by atoms with Gasteiger partial charge in [0, 0.05) is 19.2 Å². The molecule has 1 aromatic rings. The normalized spacial score (nSPS) is 14.8. The number of hydrogen-bond donors (Lipinski definition) is 1. The van der Waals surface area contributed by atoms with E-state index in [9.17, 15) is 4.79 Å². The average Bonchev–Trinajstić information content (AvgIpc) is 2.40. The highest BCUT2D eigenvalue weighted by Gasteiger charge is 2.26. The molecule has 0 aromatic carbocycles. The van der Waals surface area contributed by atoms with E-state index < -0.39 is 0 Å². The van der Waals surface area contributed by atoms with Gasteiger partial charge in [-0.15, -0.1) is 0 Å². The number of aliphatic hydroxyl groups is 1. The van der Waals surface area contributed by atoms with Crippen LogP contribution in [-0.4, -0.2) is 42.4 Å². The van der Waals surface area contributed by atoms with E-state index in [4.69, 9.17) is 9.84 Å². The number of carbonyl (C=O) groups is 1. The van der Waals surface area contributed by atoms with E-state index >= 15 is 0 Å². The van der Waals surface area contributed by atoms with E-state index in [2.05, 4.69) is 9.88 Å². The molecule has 5 nitrogen and oxygen atoms in total. The van der Waals surface area contributed by atoms with Gasteiger partial charge in [-0.3, -0.25) is 0 Å². The van der Waals surface area contributed by atoms with Gasteiger partial charge in [0.2, 0.25) is 0 Å². The molecule has 20 heavy (non-hydrogen) atoms. The molecule has 1 heterocycles. The van der Waals surface area contributed by atoms with Crippen molar-refractivity contribution in [2.45, 2.75) is 38.6 Å². The van der Waals surface area contributed by atoms with Gasteiger partial charge in [0.15, 0.2) is 0 Å². The van der Waals surface area contributed by atoms with Gasteiger partial charge < -0.3 is 14.7 Å². The topological polar surface area (TPSA) is 62.7 Å². The van der Waals surface area contributed by atoms with Crippen LogP contribution in [0.15, 0.2) is 12.1 Å². The number of esters is 1. The van der Waals surface area contributed by atoms with E-state index in [0.717, 1.165) is 18.8 Å². The maximum absolute atomic E-state index is 11.6. The summed E-state index contributed by atoms with van der Waals surface area (Å²) >= 11 is 0. The first-order valence-electron chi connectivity index (χ1n) is 7.11. The highest BCUT2D eigenvalue weighted by Crippen LogP contribution is 2.29. The molecule has 1 saturated carbocycles. The largest absolute Gasteiger partial charge is 0.465 e. The molecule has 110 valence electrons. The second-order valence-corrected chi connectivity index (χ2v) is 5.15. The van der Waals surface area contributed by atoms with Crippen LogP contribution in [0.3, 0.4) is 0 Å². The Morgan fingerprint density at radius 2 is 2.25 bits per heavy atom. The fourth-order valence-electron chi connectivity index (χ4n) is 2.46. The summed E-state index contributed by atoms with van der Waals surface area (Å²) in [6.45, 7) is 2.80. The van der Waals surface area contributed by atoms with Crippen LogP contribution in [0.5, 0.6) is 0 Å². The molecule has 2 rings (SSSR count). The maximum atomic E-state index is 11.6. The van der Waals surface area contributed by atoms with Crippen molar-refractivity contribution in [3.8, 4) is 0 Å². The number of aliphatic hydroxyl groups excluding tert-OH is 1. The Morgan fingerprint density at radius 3 is 2.75 bits per heavy atom. The van der Waals surface area contributed by atoms with Gasteiger partial charge in [0.1, 0.15) is 5.82 Å². The number of aromatic nitrogens is 1. The first-order chi connectivity index (χ1) is 9.67. The van der Waals surface area contributed by atoms with Crippen LogP contribution in [0.1, 0.15) is 41.7 Å². The number of rotatable bonds is 6. The van der Waals surface area contributed by atoms with Crippen molar-refractivity contribution in [1.29, 1.82) is 0 Å². The summed E-state index contributed by atoms with van der Waals surface area (Å²) in [6, 6.07) is 4.15. The molecule has 0 radical (unpaired) electrons. The Kier molecular flexibility index (Phi) is 4.95. The van der Waals surface area contributed by atoms with Crippen LogP contribution >= 0.6 is 0 Å². The fraction of sp³-hybridized carbons (Fsp3) is 0.600. The Labute approximate surface area is 119 Å². The molecule has 5 heteroatoms. The third-order valence-electron chi connectivity index (χ3n) is 3.84. The van der Waals surface area contributed by atoms with Crippen LogP contribution < -0.4 is 4.90 Å². The van der Waals surface area contributed by atoms with Crippen molar-refractivity contribution < 1.29 is 14.6 Å². The first-order valence-corrected chi connectivity index (χ1v) is 7.11. The minimum Gasteiger partial charge on any atom is -0.465 e. The summed E-state index contributed by atoms with van der Waals surface area (Å²) in [6.07, 6.45) is 4.32. The zero-order chi connectivity index (χ0) is 14.5. The lowest BCUT2D eigenvalue weighted by Gasteiger charge is -2.38. The second kappa shape index (κ2) is 6.70. The molecule has 1 aromatic heterocycles. The van der Waals surface area contributed by atoms with Crippen molar-refractivity contribution in [3.63, 3.8) is 0 Å². The predicted octanol–water partition coefficient (Wildman–Crippen LogP) is 1.92. The molecular formula is C15H22N2O3. The summed E-state index contributed by atoms with van der Waals surface area (Å²) in [5, 5.41) is 9.03. The Morgan fingerprint density at radius 1 is 1.50 bits per heavy atom. The van der Waals surface area contributed by atoms with Gasteiger partial charge in [-0.1, -0.05) is 0 Å². The molecule has 1 fully saturated rings. The van der Waals surface area contributed by atoms with E-state index in [1.807, 2.05) is 13.0 Å². The molecule has 0 atom stereocenters. The summed E-state index contributed by atoms with van der Waals surface area (Å²) in [7, 11) is 1.37. The number of hydrogen-bond acceptors (Lipinski definition) is 5. The summed E-state index contributed by atoms with van der Waals surface area (Å²) in [5.41, 5.74) is 1.19. The third-order valence-corrected chi connectivity index (χ3v) is 3.84. The molecule has 0 aliphatic heterocycles. The summed E-state index contributed by atoms with van der Waals surface area (Å²) < 4.78 is 4.74. The fourth-order valence-corrected chi connectivity index (χ4v) is 2.46. The van der Waals surface area contributed by atoms with Crippen molar-refractivity contribution >= 4 is 11.8 Å². The van der Waals surface area contributed by atoms with E-state index in [1.54, 1.807) is 6.07 Å². The van der Waals surface area contributed by atoms with Crippen LogP contribution in [0.25, 0.3) is 0 Å². The molecule has 1 N–H and O–H groups in total. The summed E-state index contributed by atoms with van der Waals surface area (Å²) in [4.78, 5) is 18.4. The lowest BCUT2D eigenvalue weighted by molar-refractivity contribution is 0.0599. The Hall–Kier alpha value is -1.62. The van der Waals surface area contributed by atoms with Crippen LogP contribution in [0, 0.1) is 6.92 Å². The SMILES string of the molecule is COC(=O)c1ccc(N(CCCO)C2CCC2)nc1C. The predicted molar refractivity (Wildman–Crippen MR) is 77.0 cm³/mol. The number of methoxy groups -OCH3 is 1. The van der Waals surface area contributed by atoms with Gasteiger partial charge in [0.05, 0.1) is 18.4 Å². The average molecular weight is 278 g/mol. The molecular weight excluding hydrogens is 256 g/mol. The number of anilines is 1. The number of ether oxygens (including phenoxy) is 1. The van der Waals surface area contributed by atoms with Crippen molar-refractivity contribution in [1.82, 2.24) is 4.98 Å². The lowest BCUT2D eigenvalue weighted by Crippen LogP contribution is -2.41. The highest BCUT2D eigenvalue weighted by molar-refractivity contribution is 5.90. The monoisotopic (exact) mass is 278 g/mol. The van der Waals surface area contributed by atoms with E-state index in [-0.39, 0.29) is 12.6 Å². The van der Waals surface area contributed by atoms with Crippen LogP contribution in [0.2, 0.25) is 0 Å². The zero-order valence-electron chi connectivity index (χ0n) is 12.1. The van der Waals surface area contributed by atoms with Crippen LogP contribution in [0.4, 0.5) is 5.82 Å². The van der Waals surface area contributed by atoms with Gasteiger partial charge in [0.25, 0.3) is 0 Å². The van der Waals surface area contributed by atoms with Crippen molar-refractivity contribution in [2.24, 2.45) is 0 Å². The van der Waals surface area contributed by atoms with Crippen molar-refractivity contribution in [2.75, 3.05) is 25.2 Å². The quantitative estimate of drug-likeness (QED) is 0.805. The highest BCUT2D eigenvalue weighted by atomic mass is 16.5. The molecule has 0 unspecified atom stereocenters. The zero-order valence-corrected chi connectivity index (χ0v) is 12.1. The minimum atomic E-state index is -0.355. The summed E-state index contributed by atoms with van der Waals surface area (Å²) in [5.74, 6) is 0.528. The molecule has 1 aliphatic carbocycles. The van der Waals surface area contributed by atoms with E-state index in [0.29, 0.717) is 17.3 Å². The van der Waals surface area contributed by atoms with Gasteiger partial charge in [-0.05, 0) is 44.7 Å². The first kappa shape index (κ1) is 14.8. The third kappa shape index (κ3) is 3.10. The van der Waals surface area contributed by atoms with Gasteiger partial charge in [-0.2, -0.15) is 0 Å². The second-order valence-electron chi connectivity index (χ2n) is 5.15. The van der Waals surface area contributed by atoms with Crippen molar-refractivity contribution in [3.05, 3.63) is 23.4 Å². The lowest BCUT2D eigenvalue weighted by atomic mass is 9.91. The molecule has 0 saturated heterocycles. The number of carbonyl (C=O) groups excluding carboxylic acids is 1. The van der Waals surface area contributed by atoms with E-state index in [1.165, 1.54) is 26.4 Å². The Bertz CT molecular complexity index is 472.